The summed E-state index contributed by atoms with van der Waals surface area (Å²) in [4.78, 5) is 38.7. The van der Waals surface area contributed by atoms with Gasteiger partial charge >= 0.3 is 6.09 Å². The number of rotatable bonds is 5. The molecule has 2 aliphatic carbocycles. The molecule has 10 fully saturated rings. The van der Waals surface area contributed by atoms with Crippen LogP contribution < -0.4 is 5.32 Å². The molecule has 11 rings (SSSR count). The Hall–Kier alpha value is -1.83. The third kappa shape index (κ3) is 5.08. The molecule has 50 heavy (non-hydrogen) atoms. The average Bonchev–Trinajstić information content (AvgIpc) is 3.46. The van der Waals surface area contributed by atoms with E-state index in [-0.39, 0.29) is 41.6 Å². The molecule has 0 radical (unpaired) electrons. The standard InChI is InChI=1S/C39H55NO10/c1-21-12-14-28-23(3)30(42-33-38(28)26(21)16-18-36(5,45-33)47-49-38)20-31(43-35(41)40-25-10-8-7-9-11-25)32-24(4)29-15-13-22(2)27-17-19-37(6)46-34(44-32)39(27,29)50-48-37/h7-11,21-24,26-34H,12-20H2,1-6H3,(H,40,41)/t21-,22-,23-,24-,26+,27+,28+,29+,30-,31+,32+,33-,34-,36-,37-,38-,39-/m1/s1. The zero-order valence-electron chi connectivity index (χ0n) is 30.3. The van der Waals surface area contributed by atoms with Gasteiger partial charge in [0, 0.05) is 36.8 Å². The zero-order chi connectivity index (χ0) is 34.6. The molecule has 2 spiro atoms. The molecule has 1 amide bonds. The van der Waals surface area contributed by atoms with Crippen molar-refractivity contribution < 1.29 is 48.0 Å². The van der Waals surface area contributed by atoms with Gasteiger partial charge in [-0.15, -0.1) is 0 Å². The molecular weight excluding hydrogens is 642 g/mol. The molecule has 11 nitrogen and oxygen atoms in total. The third-order valence-corrected chi connectivity index (χ3v) is 14.6. The summed E-state index contributed by atoms with van der Waals surface area (Å²) in [6.07, 6.45) is 4.86. The van der Waals surface area contributed by atoms with E-state index in [0.29, 0.717) is 23.9 Å². The largest absolute Gasteiger partial charge is 0.443 e. The Labute approximate surface area is 295 Å². The molecule has 11 heteroatoms. The first-order valence-electron chi connectivity index (χ1n) is 19.4. The third-order valence-electron chi connectivity index (χ3n) is 14.6. The maximum absolute atomic E-state index is 13.7. The minimum Gasteiger partial charge on any atom is -0.443 e. The number of ether oxygens (including phenoxy) is 5. The summed E-state index contributed by atoms with van der Waals surface area (Å²) in [5.74, 6) is -0.00595. The Bertz CT molecular complexity index is 1450. The van der Waals surface area contributed by atoms with E-state index >= 15 is 0 Å². The van der Waals surface area contributed by atoms with E-state index in [1.807, 2.05) is 44.2 Å². The highest BCUT2D eigenvalue weighted by molar-refractivity contribution is 5.84. The van der Waals surface area contributed by atoms with Crippen LogP contribution in [0.25, 0.3) is 0 Å². The first-order chi connectivity index (χ1) is 23.9. The predicted molar refractivity (Wildman–Crippen MR) is 179 cm³/mol. The first kappa shape index (κ1) is 34.0. The minimum absolute atomic E-state index is 0.0173. The monoisotopic (exact) mass is 697 g/mol. The molecule has 4 bridgehead atoms. The molecule has 8 aliphatic heterocycles. The predicted octanol–water partition coefficient (Wildman–Crippen LogP) is 7.49. The van der Waals surface area contributed by atoms with Crippen molar-refractivity contribution in [3.05, 3.63) is 30.3 Å². The van der Waals surface area contributed by atoms with Crippen molar-refractivity contribution in [3.8, 4) is 0 Å². The van der Waals surface area contributed by atoms with Crippen LogP contribution >= 0.6 is 0 Å². The maximum atomic E-state index is 13.7. The number of hydrogen-bond acceptors (Lipinski definition) is 10. The van der Waals surface area contributed by atoms with Gasteiger partial charge in [0.05, 0.1) is 6.10 Å². The van der Waals surface area contributed by atoms with E-state index in [0.717, 1.165) is 51.4 Å². The molecular formula is C39H55NO10. The van der Waals surface area contributed by atoms with Crippen LogP contribution in [0.1, 0.15) is 99.3 Å². The van der Waals surface area contributed by atoms with Gasteiger partial charge in [0.2, 0.25) is 11.6 Å². The number of carbonyl (C=O) groups excluding carboxylic acids is 1. The van der Waals surface area contributed by atoms with E-state index in [4.69, 9.17) is 43.2 Å². The van der Waals surface area contributed by atoms with Crippen molar-refractivity contribution in [1.29, 1.82) is 0 Å². The molecule has 0 unspecified atom stereocenters. The van der Waals surface area contributed by atoms with Crippen LogP contribution in [-0.4, -0.2) is 59.8 Å². The van der Waals surface area contributed by atoms with Crippen LogP contribution in [0, 0.1) is 47.3 Å². The van der Waals surface area contributed by atoms with Crippen LogP contribution in [-0.2, 0) is 43.2 Å². The number of nitrogens with one attached hydrogen (secondary N) is 1. The molecule has 17 atom stereocenters. The van der Waals surface area contributed by atoms with Crippen molar-refractivity contribution in [2.45, 2.75) is 153 Å². The van der Waals surface area contributed by atoms with Crippen LogP contribution in [0.15, 0.2) is 30.3 Å². The van der Waals surface area contributed by atoms with Gasteiger partial charge in [-0.05, 0) is 100 Å². The number of carbonyl (C=O) groups is 1. The fourth-order valence-corrected chi connectivity index (χ4v) is 11.9. The molecule has 1 N–H and O–H groups in total. The Balaban J connectivity index is 1.05. The highest BCUT2D eigenvalue weighted by Crippen LogP contribution is 2.63. The molecule has 1 aromatic carbocycles. The Morgan fingerprint density at radius 3 is 1.90 bits per heavy atom. The average molecular weight is 698 g/mol. The molecule has 0 aromatic heterocycles. The van der Waals surface area contributed by atoms with Gasteiger partial charge in [-0.1, -0.05) is 45.9 Å². The van der Waals surface area contributed by atoms with Crippen molar-refractivity contribution in [3.63, 3.8) is 0 Å². The minimum atomic E-state index is -0.901. The van der Waals surface area contributed by atoms with Gasteiger partial charge in [0.15, 0.2) is 23.8 Å². The topological polar surface area (TPSA) is 112 Å². The second-order valence-corrected chi connectivity index (χ2v) is 17.5. The van der Waals surface area contributed by atoms with Gasteiger partial charge in [-0.25, -0.2) is 24.3 Å². The Morgan fingerprint density at radius 1 is 0.740 bits per heavy atom. The highest BCUT2D eigenvalue weighted by Gasteiger charge is 2.72. The number of benzene rings is 1. The van der Waals surface area contributed by atoms with E-state index in [9.17, 15) is 4.79 Å². The van der Waals surface area contributed by atoms with Crippen molar-refractivity contribution >= 4 is 11.8 Å². The second kappa shape index (κ2) is 12.1. The van der Waals surface area contributed by atoms with Gasteiger partial charge < -0.3 is 23.7 Å². The molecule has 8 saturated heterocycles. The summed E-state index contributed by atoms with van der Waals surface area (Å²) in [5.41, 5.74) is -0.713. The number of hydrogen-bond donors (Lipinski definition) is 1. The molecule has 8 heterocycles. The Kier molecular flexibility index (Phi) is 8.22. The SMILES string of the molecule is C[C@H]1[C@@H]([C@H](C[C@H]2O[C@@H]3O[C@@]4(C)CC[C@H]5[C@H](C)CC[C@@H]([C@H]2C)[C@@]35OO4)OC(=O)Nc2ccccc2)O[C@@H]2O[C@@]3(C)CC[C@H]4[C@H](C)CC[C@@H]1[C@@]24OO3. The molecule has 1 aromatic rings. The summed E-state index contributed by atoms with van der Waals surface area (Å²) in [5, 5.41) is 2.95. The van der Waals surface area contributed by atoms with Gasteiger partial charge in [-0.2, -0.15) is 0 Å². The molecule has 2 saturated carbocycles. The van der Waals surface area contributed by atoms with Crippen molar-refractivity contribution in [2.75, 3.05) is 5.32 Å². The van der Waals surface area contributed by atoms with E-state index in [2.05, 4.69) is 33.0 Å². The summed E-state index contributed by atoms with van der Waals surface area (Å²) in [6.45, 7) is 13.0. The van der Waals surface area contributed by atoms with Crippen molar-refractivity contribution in [2.24, 2.45) is 47.3 Å². The van der Waals surface area contributed by atoms with E-state index in [1.54, 1.807) is 0 Å². The summed E-state index contributed by atoms with van der Waals surface area (Å²) < 4.78 is 34.0. The van der Waals surface area contributed by atoms with Gasteiger partial charge in [0.25, 0.3) is 0 Å². The normalized spacial score (nSPS) is 52.5. The van der Waals surface area contributed by atoms with Crippen LogP contribution in [0.3, 0.4) is 0 Å². The van der Waals surface area contributed by atoms with Crippen LogP contribution in [0.5, 0.6) is 0 Å². The maximum Gasteiger partial charge on any atom is 0.411 e. The lowest BCUT2D eigenvalue weighted by atomic mass is 9.56. The van der Waals surface area contributed by atoms with Crippen LogP contribution in [0.2, 0.25) is 0 Å². The molecule has 276 valence electrons. The molecule has 10 aliphatic rings. The number of amides is 1. The lowest BCUT2D eigenvalue weighted by molar-refractivity contribution is -0.573. The number of para-hydroxylation sites is 1. The van der Waals surface area contributed by atoms with Gasteiger partial charge in [0.1, 0.15) is 12.2 Å². The smallest absolute Gasteiger partial charge is 0.411 e. The lowest BCUT2D eigenvalue weighted by Gasteiger charge is -2.62. The van der Waals surface area contributed by atoms with Gasteiger partial charge in [-0.3, -0.25) is 5.32 Å². The fraction of sp³-hybridized carbons (Fsp3) is 0.821. The van der Waals surface area contributed by atoms with Crippen LogP contribution in [0.4, 0.5) is 10.5 Å². The lowest BCUT2D eigenvalue weighted by Crippen LogP contribution is -2.72. The number of fused-ring (bicyclic) bond motifs is 4. The Morgan fingerprint density at radius 2 is 1.30 bits per heavy atom. The highest BCUT2D eigenvalue weighted by atomic mass is 17.3. The summed E-state index contributed by atoms with van der Waals surface area (Å²) >= 11 is 0. The zero-order valence-corrected chi connectivity index (χ0v) is 30.3. The van der Waals surface area contributed by atoms with E-state index in [1.165, 1.54) is 0 Å². The second-order valence-electron chi connectivity index (χ2n) is 17.5. The van der Waals surface area contributed by atoms with Crippen molar-refractivity contribution in [1.82, 2.24) is 0 Å². The first-order valence-corrected chi connectivity index (χ1v) is 19.4. The summed E-state index contributed by atoms with van der Waals surface area (Å²) in [7, 11) is 0. The quantitative estimate of drug-likeness (QED) is 0.311. The number of anilines is 1. The summed E-state index contributed by atoms with van der Waals surface area (Å²) in [6, 6.07) is 9.40. The fourth-order valence-electron chi connectivity index (χ4n) is 11.9. The van der Waals surface area contributed by atoms with E-state index < -0.39 is 53.7 Å².